The third kappa shape index (κ3) is 1.36. The Morgan fingerprint density at radius 3 is 2.92 bits per heavy atom. The van der Waals surface area contributed by atoms with Gasteiger partial charge in [0.25, 0.3) is 0 Å². The topological polar surface area (TPSA) is 26.3 Å². The molecule has 0 amide bonds. The van der Waals surface area contributed by atoms with Gasteiger partial charge in [0, 0.05) is 5.92 Å². The first-order valence-electron chi connectivity index (χ1n) is 5.44. The second-order valence-electron chi connectivity index (χ2n) is 4.45. The lowest BCUT2D eigenvalue weighted by Crippen LogP contribution is -2.31. The quantitative estimate of drug-likeness (QED) is 0.582. The predicted molar refractivity (Wildman–Crippen MR) is 50.2 cm³/mol. The molecule has 13 heavy (non-hydrogen) atoms. The fourth-order valence-electron chi connectivity index (χ4n) is 2.86. The van der Waals surface area contributed by atoms with Crippen LogP contribution >= 0.6 is 0 Å². The third-order valence-corrected chi connectivity index (χ3v) is 3.79. The normalized spacial score (nSPS) is 44.3. The van der Waals surface area contributed by atoms with Gasteiger partial charge in [0.05, 0.1) is 5.92 Å². The smallest absolute Gasteiger partial charge is 0.309 e. The van der Waals surface area contributed by atoms with E-state index in [0.29, 0.717) is 11.8 Å². The summed E-state index contributed by atoms with van der Waals surface area (Å²) >= 11 is 0. The first kappa shape index (κ1) is 9.04. The fourth-order valence-corrected chi connectivity index (χ4v) is 2.86. The molecule has 1 saturated carbocycles. The van der Waals surface area contributed by atoms with Crippen LogP contribution in [-0.2, 0) is 9.53 Å². The fraction of sp³-hybridized carbons (Fsp3) is 0.909. The minimum Gasteiger partial charge on any atom is -0.462 e. The number of hydrogen-bond acceptors (Lipinski definition) is 2. The van der Waals surface area contributed by atoms with Gasteiger partial charge < -0.3 is 4.74 Å². The Kier molecular flexibility index (Phi) is 2.31. The van der Waals surface area contributed by atoms with Crippen LogP contribution < -0.4 is 0 Å². The first-order chi connectivity index (χ1) is 6.24. The molecule has 1 aliphatic heterocycles. The number of rotatable bonds is 1. The van der Waals surface area contributed by atoms with E-state index in [1.165, 1.54) is 19.3 Å². The number of fused-ring (bicyclic) bond motifs is 1. The average Bonchev–Trinajstić information content (AvgIpc) is 2.43. The van der Waals surface area contributed by atoms with Gasteiger partial charge in [-0.15, -0.1) is 0 Å². The molecule has 0 N–H and O–H groups in total. The molecule has 0 spiro atoms. The highest BCUT2D eigenvalue weighted by molar-refractivity contribution is 5.74. The highest BCUT2D eigenvalue weighted by atomic mass is 16.6. The Morgan fingerprint density at radius 2 is 2.23 bits per heavy atom. The maximum absolute atomic E-state index is 11.4. The van der Waals surface area contributed by atoms with Crippen LogP contribution in [0.2, 0.25) is 0 Å². The summed E-state index contributed by atoms with van der Waals surface area (Å²) in [5.74, 6) is 1.34. The summed E-state index contributed by atoms with van der Waals surface area (Å²) in [6.07, 6.45) is 5.12. The summed E-state index contributed by atoms with van der Waals surface area (Å²) < 4.78 is 5.44. The molecule has 0 aromatic carbocycles. The van der Waals surface area contributed by atoms with Gasteiger partial charge in [-0.2, -0.15) is 0 Å². The van der Waals surface area contributed by atoms with E-state index in [1.54, 1.807) is 0 Å². The van der Waals surface area contributed by atoms with Crippen molar-refractivity contribution in [3.05, 3.63) is 0 Å². The summed E-state index contributed by atoms with van der Waals surface area (Å²) in [7, 11) is 0. The maximum atomic E-state index is 11.4. The van der Waals surface area contributed by atoms with Crippen molar-refractivity contribution in [3.63, 3.8) is 0 Å². The van der Waals surface area contributed by atoms with Crippen LogP contribution in [0.1, 0.15) is 39.5 Å². The maximum Gasteiger partial charge on any atom is 0.309 e. The van der Waals surface area contributed by atoms with Crippen LogP contribution in [0.25, 0.3) is 0 Å². The Bertz CT molecular complexity index is 212. The van der Waals surface area contributed by atoms with E-state index in [2.05, 4.69) is 6.92 Å². The average molecular weight is 182 g/mol. The molecule has 0 unspecified atom stereocenters. The molecular formula is C11H18O2. The van der Waals surface area contributed by atoms with Crippen LogP contribution in [0, 0.1) is 17.8 Å². The van der Waals surface area contributed by atoms with Crippen molar-refractivity contribution in [1.82, 2.24) is 0 Å². The van der Waals surface area contributed by atoms with Crippen molar-refractivity contribution in [2.45, 2.75) is 45.6 Å². The molecule has 74 valence electrons. The highest BCUT2D eigenvalue weighted by Crippen LogP contribution is 2.42. The molecule has 1 saturated heterocycles. The summed E-state index contributed by atoms with van der Waals surface area (Å²) in [5, 5.41) is 0. The van der Waals surface area contributed by atoms with Gasteiger partial charge >= 0.3 is 5.97 Å². The zero-order chi connectivity index (χ0) is 9.42. The van der Waals surface area contributed by atoms with Crippen LogP contribution in [-0.4, -0.2) is 12.1 Å². The molecule has 2 heteroatoms. The van der Waals surface area contributed by atoms with Gasteiger partial charge in [-0.3, -0.25) is 4.79 Å². The van der Waals surface area contributed by atoms with E-state index in [0.717, 1.165) is 6.42 Å². The Morgan fingerprint density at radius 1 is 1.46 bits per heavy atom. The standard InChI is InChI=1S/C11H18O2/c1-3-8-5-4-6-9-7(2)11(12)13-10(8)9/h7-10H,3-6H2,1-2H3/t7-,8+,9-,10-/m0/s1. The van der Waals surface area contributed by atoms with Gasteiger partial charge in [-0.25, -0.2) is 0 Å². The van der Waals surface area contributed by atoms with E-state index in [9.17, 15) is 4.79 Å². The number of esters is 1. The van der Waals surface area contributed by atoms with E-state index in [4.69, 9.17) is 4.74 Å². The molecule has 2 rings (SSSR count). The second-order valence-corrected chi connectivity index (χ2v) is 4.45. The zero-order valence-electron chi connectivity index (χ0n) is 8.45. The molecule has 2 fully saturated rings. The molecule has 0 radical (unpaired) electrons. The van der Waals surface area contributed by atoms with Crippen molar-refractivity contribution < 1.29 is 9.53 Å². The minimum atomic E-state index is 0.0374. The van der Waals surface area contributed by atoms with Crippen molar-refractivity contribution in [1.29, 1.82) is 0 Å². The largest absolute Gasteiger partial charge is 0.462 e. The summed E-state index contributed by atoms with van der Waals surface area (Å²) in [6.45, 7) is 4.22. The number of hydrogen-bond donors (Lipinski definition) is 0. The molecule has 1 aliphatic carbocycles. The predicted octanol–water partition coefficient (Wildman–Crippen LogP) is 2.37. The van der Waals surface area contributed by atoms with Gasteiger partial charge in [0.2, 0.25) is 0 Å². The molecule has 0 bridgehead atoms. The van der Waals surface area contributed by atoms with Gasteiger partial charge in [0.1, 0.15) is 6.10 Å². The summed E-state index contributed by atoms with van der Waals surface area (Å²) in [5.41, 5.74) is 0. The third-order valence-electron chi connectivity index (χ3n) is 3.79. The minimum absolute atomic E-state index is 0.0374. The van der Waals surface area contributed by atoms with Crippen molar-refractivity contribution in [2.75, 3.05) is 0 Å². The van der Waals surface area contributed by atoms with Gasteiger partial charge in [-0.05, 0) is 25.2 Å². The highest BCUT2D eigenvalue weighted by Gasteiger charge is 2.46. The number of carbonyl (C=O) groups excluding carboxylic acids is 1. The van der Waals surface area contributed by atoms with E-state index in [-0.39, 0.29) is 18.0 Å². The number of ether oxygens (including phenoxy) is 1. The second kappa shape index (κ2) is 3.32. The van der Waals surface area contributed by atoms with Crippen LogP contribution in [0.5, 0.6) is 0 Å². The summed E-state index contributed by atoms with van der Waals surface area (Å²) in [6, 6.07) is 0. The molecule has 0 aromatic rings. The lowest BCUT2D eigenvalue weighted by molar-refractivity contribution is -0.146. The molecule has 2 aliphatic rings. The van der Waals surface area contributed by atoms with E-state index in [1.807, 2.05) is 6.92 Å². The molecular weight excluding hydrogens is 164 g/mol. The molecule has 1 heterocycles. The zero-order valence-corrected chi connectivity index (χ0v) is 8.45. The Hall–Kier alpha value is -0.530. The van der Waals surface area contributed by atoms with Crippen LogP contribution in [0.3, 0.4) is 0 Å². The number of carbonyl (C=O) groups is 1. The van der Waals surface area contributed by atoms with Gasteiger partial charge in [-0.1, -0.05) is 20.3 Å². The van der Waals surface area contributed by atoms with Crippen molar-refractivity contribution in [2.24, 2.45) is 17.8 Å². The van der Waals surface area contributed by atoms with Crippen LogP contribution in [0.4, 0.5) is 0 Å². The molecule has 2 nitrogen and oxygen atoms in total. The molecule has 4 atom stereocenters. The first-order valence-corrected chi connectivity index (χ1v) is 5.44. The lowest BCUT2D eigenvalue weighted by atomic mass is 9.74. The summed E-state index contributed by atoms with van der Waals surface area (Å²) in [4.78, 5) is 11.4. The van der Waals surface area contributed by atoms with Crippen LogP contribution in [0.15, 0.2) is 0 Å². The van der Waals surface area contributed by atoms with Gasteiger partial charge in [0.15, 0.2) is 0 Å². The van der Waals surface area contributed by atoms with E-state index < -0.39 is 0 Å². The molecule has 0 aromatic heterocycles. The lowest BCUT2D eigenvalue weighted by Gasteiger charge is -2.31. The van der Waals surface area contributed by atoms with Crippen molar-refractivity contribution >= 4 is 5.97 Å². The Labute approximate surface area is 79.7 Å². The SMILES string of the molecule is CC[C@@H]1CCC[C@@H]2[C@H]1OC(=O)[C@H]2C. The monoisotopic (exact) mass is 182 g/mol. The Balaban J connectivity index is 2.13. The van der Waals surface area contributed by atoms with Crippen molar-refractivity contribution in [3.8, 4) is 0 Å². The van der Waals surface area contributed by atoms with E-state index >= 15 is 0 Å².